The average Bonchev–Trinajstić information content (AvgIpc) is 3.26. The number of hydrogen-bond acceptors (Lipinski definition) is 5. The minimum Gasteiger partial charge on any atom is -0.355 e. The predicted molar refractivity (Wildman–Crippen MR) is 79.0 cm³/mol. The van der Waals surface area contributed by atoms with Crippen molar-refractivity contribution in [3.63, 3.8) is 0 Å². The first-order valence-corrected chi connectivity index (χ1v) is 8.36. The second-order valence-corrected chi connectivity index (χ2v) is 7.09. The highest BCUT2D eigenvalue weighted by Gasteiger charge is 2.23. The highest BCUT2D eigenvalue weighted by Crippen LogP contribution is 2.27. The van der Waals surface area contributed by atoms with Gasteiger partial charge in [0, 0.05) is 18.7 Å². The fraction of sp³-hybridized carbons (Fsp3) is 0.417. The number of hydrogen-bond donors (Lipinski definition) is 2. The third-order valence-electron chi connectivity index (χ3n) is 3.12. The number of non-ortho nitro benzene ring substituents is 1. The van der Waals surface area contributed by atoms with Crippen LogP contribution in [0.4, 0.5) is 5.69 Å². The van der Waals surface area contributed by atoms with Gasteiger partial charge >= 0.3 is 0 Å². The van der Waals surface area contributed by atoms with Crippen LogP contribution in [0.1, 0.15) is 12.8 Å². The molecule has 1 aromatic carbocycles. The largest absolute Gasteiger partial charge is 0.355 e. The van der Waals surface area contributed by atoms with E-state index in [2.05, 4.69) is 10.0 Å². The number of rotatable bonds is 7. The number of nitrogens with zero attached hydrogens (tertiary/aromatic N) is 1. The third kappa shape index (κ3) is 4.39. The molecule has 1 aliphatic rings. The normalized spacial score (nSPS) is 14.6. The van der Waals surface area contributed by atoms with Crippen molar-refractivity contribution in [3.8, 4) is 0 Å². The lowest BCUT2D eigenvalue weighted by molar-refractivity contribution is -0.384. The van der Waals surface area contributed by atoms with Gasteiger partial charge in [-0.05, 0) is 24.8 Å². The quantitative estimate of drug-likeness (QED) is 0.564. The van der Waals surface area contributed by atoms with Crippen LogP contribution in [0.3, 0.4) is 0 Å². The van der Waals surface area contributed by atoms with E-state index in [-0.39, 0.29) is 15.6 Å². The SMILES string of the molecule is O=C(CNS(=O)(=O)c1ccc([N+](=O)[O-])cc1Cl)NCC1CC1. The summed E-state index contributed by atoms with van der Waals surface area (Å²) in [6.07, 6.45) is 2.15. The van der Waals surface area contributed by atoms with Gasteiger partial charge in [-0.1, -0.05) is 11.6 Å². The Labute approximate surface area is 132 Å². The maximum Gasteiger partial charge on any atom is 0.271 e. The fourth-order valence-corrected chi connectivity index (χ4v) is 3.22. The summed E-state index contributed by atoms with van der Waals surface area (Å²) >= 11 is 5.76. The lowest BCUT2D eigenvalue weighted by Crippen LogP contribution is -2.37. The van der Waals surface area contributed by atoms with Crippen molar-refractivity contribution >= 4 is 33.2 Å². The number of benzene rings is 1. The highest BCUT2D eigenvalue weighted by molar-refractivity contribution is 7.89. The molecule has 0 radical (unpaired) electrons. The molecule has 10 heteroatoms. The van der Waals surface area contributed by atoms with Crippen molar-refractivity contribution in [2.24, 2.45) is 5.92 Å². The van der Waals surface area contributed by atoms with Crippen LogP contribution < -0.4 is 10.0 Å². The molecule has 22 heavy (non-hydrogen) atoms. The van der Waals surface area contributed by atoms with Gasteiger partial charge in [-0.2, -0.15) is 0 Å². The van der Waals surface area contributed by atoms with E-state index >= 15 is 0 Å². The number of carbonyl (C=O) groups excluding carboxylic acids is 1. The molecular weight excluding hydrogens is 334 g/mol. The topological polar surface area (TPSA) is 118 Å². The minimum absolute atomic E-state index is 0.278. The maximum atomic E-state index is 12.0. The van der Waals surface area contributed by atoms with Crippen LogP contribution in [0.5, 0.6) is 0 Å². The molecule has 2 N–H and O–H groups in total. The molecule has 0 aromatic heterocycles. The standard InChI is InChI=1S/C12H14ClN3O5S/c13-10-5-9(16(18)19)3-4-11(10)22(20,21)15-7-12(17)14-6-8-1-2-8/h3-5,8,15H,1-2,6-7H2,(H,14,17). The van der Waals surface area contributed by atoms with E-state index in [1.165, 1.54) is 0 Å². The van der Waals surface area contributed by atoms with Crippen LogP contribution in [-0.4, -0.2) is 32.3 Å². The van der Waals surface area contributed by atoms with Crippen molar-refractivity contribution in [1.29, 1.82) is 0 Å². The van der Waals surface area contributed by atoms with Crippen LogP contribution >= 0.6 is 11.6 Å². The Hall–Kier alpha value is -1.71. The first-order valence-electron chi connectivity index (χ1n) is 6.50. The van der Waals surface area contributed by atoms with Crippen molar-refractivity contribution in [1.82, 2.24) is 10.0 Å². The zero-order chi connectivity index (χ0) is 16.3. The molecule has 1 aromatic rings. The molecule has 1 aliphatic carbocycles. The summed E-state index contributed by atoms with van der Waals surface area (Å²) in [6, 6.07) is 3.02. The molecule has 8 nitrogen and oxygen atoms in total. The monoisotopic (exact) mass is 347 g/mol. The number of amides is 1. The molecular formula is C12H14ClN3O5S. The summed E-state index contributed by atoms with van der Waals surface area (Å²) in [4.78, 5) is 21.1. The van der Waals surface area contributed by atoms with Gasteiger partial charge in [-0.25, -0.2) is 13.1 Å². The number of nitrogens with one attached hydrogen (secondary N) is 2. The lowest BCUT2D eigenvalue weighted by atomic mass is 10.3. The Kier molecular flexibility index (Phi) is 4.99. The van der Waals surface area contributed by atoms with E-state index in [4.69, 9.17) is 11.6 Å². The molecule has 0 spiro atoms. The van der Waals surface area contributed by atoms with Gasteiger partial charge in [0.1, 0.15) is 4.90 Å². The van der Waals surface area contributed by atoms with Crippen LogP contribution in [0, 0.1) is 16.0 Å². The van der Waals surface area contributed by atoms with Gasteiger partial charge in [0.25, 0.3) is 5.69 Å². The number of nitro benzene ring substituents is 1. The molecule has 1 amide bonds. The van der Waals surface area contributed by atoms with Gasteiger partial charge in [0.2, 0.25) is 15.9 Å². The molecule has 0 saturated heterocycles. The molecule has 0 aliphatic heterocycles. The molecule has 1 saturated carbocycles. The van der Waals surface area contributed by atoms with E-state index in [1.54, 1.807) is 0 Å². The van der Waals surface area contributed by atoms with E-state index < -0.39 is 27.4 Å². The Morgan fingerprint density at radius 1 is 1.41 bits per heavy atom. The summed E-state index contributed by atoms with van der Waals surface area (Å²) < 4.78 is 26.2. The van der Waals surface area contributed by atoms with Crippen LogP contribution in [0.2, 0.25) is 5.02 Å². The van der Waals surface area contributed by atoms with Crippen molar-refractivity contribution in [2.45, 2.75) is 17.7 Å². The smallest absolute Gasteiger partial charge is 0.271 e. The molecule has 2 rings (SSSR count). The van der Waals surface area contributed by atoms with Gasteiger partial charge in [0.15, 0.2) is 0 Å². The number of sulfonamides is 1. The first kappa shape index (κ1) is 16.7. The van der Waals surface area contributed by atoms with E-state index in [1.807, 2.05) is 0 Å². The zero-order valence-corrected chi connectivity index (χ0v) is 13.0. The van der Waals surface area contributed by atoms with E-state index in [0.717, 1.165) is 31.0 Å². The minimum atomic E-state index is -4.02. The number of carbonyl (C=O) groups is 1. The Balaban J connectivity index is 1.99. The molecule has 120 valence electrons. The van der Waals surface area contributed by atoms with Crippen molar-refractivity contribution in [3.05, 3.63) is 33.3 Å². The first-order chi connectivity index (χ1) is 10.3. The van der Waals surface area contributed by atoms with Crippen LogP contribution in [0.15, 0.2) is 23.1 Å². The summed E-state index contributed by atoms with van der Waals surface area (Å²) in [6.45, 7) is 0.126. The van der Waals surface area contributed by atoms with E-state index in [9.17, 15) is 23.3 Å². The van der Waals surface area contributed by atoms with Gasteiger partial charge in [0.05, 0.1) is 16.5 Å². The summed E-state index contributed by atoms with van der Waals surface area (Å²) in [5.74, 6) is 0.0539. The summed E-state index contributed by atoms with van der Waals surface area (Å²) in [5.41, 5.74) is -0.314. The average molecular weight is 348 g/mol. The lowest BCUT2D eigenvalue weighted by Gasteiger charge is -2.08. The van der Waals surface area contributed by atoms with Gasteiger partial charge < -0.3 is 5.32 Å². The molecule has 1 fully saturated rings. The number of nitro groups is 1. The fourth-order valence-electron chi connectivity index (χ4n) is 1.70. The molecule has 0 bridgehead atoms. The predicted octanol–water partition coefficient (Wildman–Crippen LogP) is 1.05. The molecule has 0 heterocycles. The van der Waals surface area contributed by atoms with E-state index in [0.29, 0.717) is 12.5 Å². The van der Waals surface area contributed by atoms with Crippen molar-refractivity contribution in [2.75, 3.05) is 13.1 Å². The van der Waals surface area contributed by atoms with Crippen LogP contribution in [-0.2, 0) is 14.8 Å². The summed E-state index contributed by atoms with van der Waals surface area (Å²) in [5, 5.41) is 12.9. The molecule has 0 unspecified atom stereocenters. The Morgan fingerprint density at radius 2 is 2.09 bits per heavy atom. The zero-order valence-electron chi connectivity index (χ0n) is 11.4. The number of halogens is 1. The summed E-state index contributed by atoms with van der Waals surface area (Å²) in [7, 11) is -4.02. The Morgan fingerprint density at radius 3 is 2.64 bits per heavy atom. The second-order valence-electron chi connectivity index (χ2n) is 4.94. The molecule has 0 atom stereocenters. The van der Waals surface area contributed by atoms with Gasteiger partial charge in [-0.3, -0.25) is 14.9 Å². The Bertz CT molecular complexity index is 703. The maximum absolute atomic E-state index is 12.0. The van der Waals surface area contributed by atoms with Crippen LogP contribution in [0.25, 0.3) is 0 Å². The highest BCUT2D eigenvalue weighted by atomic mass is 35.5. The third-order valence-corrected chi connectivity index (χ3v) is 5.01. The second kappa shape index (κ2) is 6.59. The van der Waals surface area contributed by atoms with Crippen molar-refractivity contribution < 1.29 is 18.1 Å². The van der Waals surface area contributed by atoms with Gasteiger partial charge in [-0.15, -0.1) is 0 Å².